The normalized spacial score (nSPS) is 12.0. The van der Waals surface area contributed by atoms with Gasteiger partial charge >= 0.3 is 0 Å². The van der Waals surface area contributed by atoms with E-state index in [-0.39, 0.29) is 11.4 Å². The minimum Gasteiger partial charge on any atom is -0.379 e. The van der Waals surface area contributed by atoms with Gasteiger partial charge in [0.1, 0.15) is 0 Å². The Morgan fingerprint density at radius 3 is 2.33 bits per heavy atom. The average Bonchev–Trinajstić information content (AvgIpc) is 2.47. The molecular formula is C14H23ClN2O3S. The van der Waals surface area contributed by atoms with E-state index in [2.05, 4.69) is 23.5 Å². The van der Waals surface area contributed by atoms with Crippen LogP contribution in [0.1, 0.15) is 13.8 Å². The van der Waals surface area contributed by atoms with Crippen molar-refractivity contribution in [2.75, 3.05) is 39.4 Å². The van der Waals surface area contributed by atoms with Gasteiger partial charge in [-0.15, -0.1) is 0 Å². The van der Waals surface area contributed by atoms with Crippen molar-refractivity contribution in [3.05, 3.63) is 29.3 Å². The van der Waals surface area contributed by atoms with Crippen LogP contribution in [0, 0.1) is 0 Å². The number of hydrogen-bond acceptors (Lipinski definition) is 4. The van der Waals surface area contributed by atoms with E-state index in [0.717, 1.165) is 19.6 Å². The maximum absolute atomic E-state index is 12.0. The molecule has 0 radical (unpaired) electrons. The van der Waals surface area contributed by atoms with Crippen molar-refractivity contribution in [1.82, 2.24) is 9.62 Å². The van der Waals surface area contributed by atoms with Gasteiger partial charge in [0.05, 0.1) is 18.1 Å². The van der Waals surface area contributed by atoms with E-state index in [1.165, 1.54) is 12.1 Å². The molecule has 0 amide bonds. The van der Waals surface area contributed by atoms with Crippen LogP contribution in [0.4, 0.5) is 0 Å². The molecule has 0 spiro atoms. The molecule has 7 heteroatoms. The van der Waals surface area contributed by atoms with Gasteiger partial charge in [0.2, 0.25) is 10.0 Å². The molecule has 0 aliphatic carbocycles. The molecule has 21 heavy (non-hydrogen) atoms. The Morgan fingerprint density at radius 2 is 1.76 bits per heavy atom. The molecule has 0 aliphatic heterocycles. The second kappa shape index (κ2) is 9.38. The first-order valence-corrected chi connectivity index (χ1v) is 8.91. The van der Waals surface area contributed by atoms with Crippen LogP contribution in [0.2, 0.25) is 5.02 Å². The zero-order chi connectivity index (χ0) is 15.7. The smallest absolute Gasteiger partial charge is 0.240 e. The van der Waals surface area contributed by atoms with Gasteiger partial charge in [-0.1, -0.05) is 25.4 Å². The fourth-order valence-electron chi connectivity index (χ4n) is 1.78. The highest BCUT2D eigenvalue weighted by atomic mass is 35.5. The molecule has 0 bridgehead atoms. The first-order valence-electron chi connectivity index (χ1n) is 7.05. The van der Waals surface area contributed by atoms with Crippen molar-refractivity contribution in [3.63, 3.8) is 0 Å². The summed E-state index contributed by atoms with van der Waals surface area (Å²) in [5, 5.41) is 0.508. The fraction of sp³-hybridized carbons (Fsp3) is 0.571. The van der Waals surface area contributed by atoms with Crippen molar-refractivity contribution in [2.24, 2.45) is 0 Å². The molecule has 0 atom stereocenters. The van der Waals surface area contributed by atoms with Gasteiger partial charge < -0.3 is 9.64 Å². The first-order chi connectivity index (χ1) is 9.99. The summed E-state index contributed by atoms with van der Waals surface area (Å²) in [5.74, 6) is 0. The molecule has 1 aromatic carbocycles. The Balaban J connectivity index is 2.27. The summed E-state index contributed by atoms with van der Waals surface area (Å²) in [7, 11) is -3.49. The van der Waals surface area contributed by atoms with E-state index in [0.29, 0.717) is 18.2 Å². The highest BCUT2D eigenvalue weighted by molar-refractivity contribution is 7.89. The molecule has 0 saturated carbocycles. The van der Waals surface area contributed by atoms with Crippen LogP contribution >= 0.6 is 11.6 Å². The van der Waals surface area contributed by atoms with Crippen LogP contribution in [0.25, 0.3) is 0 Å². The van der Waals surface area contributed by atoms with E-state index in [9.17, 15) is 8.42 Å². The Hall–Kier alpha value is -0.660. The summed E-state index contributed by atoms with van der Waals surface area (Å²) in [5.41, 5.74) is 0. The third kappa shape index (κ3) is 6.76. The van der Waals surface area contributed by atoms with Crippen molar-refractivity contribution < 1.29 is 13.2 Å². The molecule has 120 valence electrons. The minimum atomic E-state index is -3.49. The standard InChI is InChI=1S/C14H23ClN2O3S/c1-3-17(4-2)10-12-20-11-9-16-21(18,19)14-7-5-13(15)6-8-14/h5-8,16H,3-4,9-12H2,1-2H3. The van der Waals surface area contributed by atoms with Crippen LogP contribution < -0.4 is 4.72 Å². The third-order valence-electron chi connectivity index (χ3n) is 3.11. The van der Waals surface area contributed by atoms with Crippen molar-refractivity contribution in [3.8, 4) is 0 Å². The largest absolute Gasteiger partial charge is 0.379 e. The fourth-order valence-corrected chi connectivity index (χ4v) is 2.92. The lowest BCUT2D eigenvalue weighted by atomic mass is 10.4. The lowest BCUT2D eigenvalue weighted by molar-refractivity contribution is 0.111. The van der Waals surface area contributed by atoms with Crippen molar-refractivity contribution in [1.29, 1.82) is 0 Å². The molecule has 0 heterocycles. The number of rotatable bonds is 10. The second-order valence-electron chi connectivity index (χ2n) is 4.49. The van der Waals surface area contributed by atoms with Gasteiger partial charge in [0.25, 0.3) is 0 Å². The number of likely N-dealkylation sites (N-methyl/N-ethyl adjacent to an activating group) is 1. The van der Waals surface area contributed by atoms with Crippen LogP contribution in [-0.2, 0) is 14.8 Å². The number of ether oxygens (including phenoxy) is 1. The Kier molecular flexibility index (Phi) is 8.21. The van der Waals surface area contributed by atoms with Crippen molar-refractivity contribution >= 4 is 21.6 Å². The topological polar surface area (TPSA) is 58.6 Å². The number of nitrogens with zero attached hydrogens (tertiary/aromatic N) is 1. The Morgan fingerprint density at radius 1 is 1.14 bits per heavy atom. The van der Waals surface area contributed by atoms with Gasteiger partial charge in [-0.2, -0.15) is 0 Å². The van der Waals surface area contributed by atoms with E-state index in [1.807, 2.05) is 0 Å². The Labute approximate surface area is 132 Å². The highest BCUT2D eigenvalue weighted by Gasteiger charge is 2.12. The summed E-state index contributed by atoms with van der Waals surface area (Å²) < 4.78 is 31.8. The summed E-state index contributed by atoms with van der Waals surface area (Å²) in [6.45, 7) is 8.25. The SMILES string of the molecule is CCN(CC)CCOCCNS(=O)(=O)c1ccc(Cl)cc1. The Bertz CT molecular complexity index is 501. The predicted molar refractivity (Wildman–Crippen MR) is 85.2 cm³/mol. The predicted octanol–water partition coefficient (Wildman–Crippen LogP) is 1.98. The van der Waals surface area contributed by atoms with Crippen LogP contribution in [0.15, 0.2) is 29.2 Å². The number of halogens is 1. The van der Waals surface area contributed by atoms with Crippen LogP contribution in [0.3, 0.4) is 0 Å². The van der Waals surface area contributed by atoms with Gasteiger partial charge in [0, 0.05) is 18.1 Å². The lowest BCUT2D eigenvalue weighted by Crippen LogP contribution is -2.30. The minimum absolute atomic E-state index is 0.204. The number of hydrogen-bond donors (Lipinski definition) is 1. The van der Waals surface area contributed by atoms with Crippen LogP contribution in [0.5, 0.6) is 0 Å². The highest BCUT2D eigenvalue weighted by Crippen LogP contribution is 2.13. The molecule has 1 aromatic rings. The van der Waals surface area contributed by atoms with Crippen LogP contribution in [-0.4, -0.2) is 52.7 Å². The van der Waals surface area contributed by atoms with E-state index in [4.69, 9.17) is 16.3 Å². The van der Waals surface area contributed by atoms with Gasteiger partial charge in [-0.05, 0) is 37.4 Å². The average molecular weight is 335 g/mol. The summed E-state index contributed by atoms with van der Waals surface area (Å²) >= 11 is 5.73. The molecule has 5 nitrogen and oxygen atoms in total. The molecule has 0 aliphatic rings. The maximum atomic E-state index is 12.0. The van der Waals surface area contributed by atoms with Crippen molar-refractivity contribution in [2.45, 2.75) is 18.7 Å². The number of sulfonamides is 1. The van der Waals surface area contributed by atoms with Gasteiger partial charge in [-0.3, -0.25) is 0 Å². The number of benzene rings is 1. The van der Waals surface area contributed by atoms with E-state index >= 15 is 0 Å². The van der Waals surface area contributed by atoms with E-state index in [1.54, 1.807) is 12.1 Å². The number of nitrogens with one attached hydrogen (secondary N) is 1. The third-order valence-corrected chi connectivity index (χ3v) is 4.84. The molecule has 0 aromatic heterocycles. The van der Waals surface area contributed by atoms with Gasteiger partial charge in [0.15, 0.2) is 0 Å². The molecule has 1 N–H and O–H groups in total. The molecule has 0 fully saturated rings. The second-order valence-corrected chi connectivity index (χ2v) is 6.69. The van der Waals surface area contributed by atoms with E-state index < -0.39 is 10.0 Å². The summed E-state index contributed by atoms with van der Waals surface area (Å²) in [4.78, 5) is 2.45. The zero-order valence-electron chi connectivity index (χ0n) is 12.5. The molecule has 0 unspecified atom stereocenters. The van der Waals surface area contributed by atoms with Gasteiger partial charge in [-0.25, -0.2) is 13.1 Å². The monoisotopic (exact) mass is 334 g/mol. The quantitative estimate of drug-likeness (QED) is 0.665. The molecule has 0 saturated heterocycles. The molecule has 1 rings (SSSR count). The lowest BCUT2D eigenvalue weighted by Gasteiger charge is -2.17. The summed E-state index contributed by atoms with van der Waals surface area (Å²) in [6, 6.07) is 6.06. The summed E-state index contributed by atoms with van der Waals surface area (Å²) in [6.07, 6.45) is 0. The maximum Gasteiger partial charge on any atom is 0.240 e. The molecular weight excluding hydrogens is 312 g/mol. The first kappa shape index (κ1) is 18.4. The zero-order valence-corrected chi connectivity index (χ0v) is 14.1.